The van der Waals surface area contributed by atoms with Crippen molar-refractivity contribution in [3.63, 3.8) is 0 Å². The second kappa shape index (κ2) is 9.20. The minimum Gasteiger partial charge on any atom is -0.375 e. The van der Waals surface area contributed by atoms with Crippen molar-refractivity contribution in [3.05, 3.63) is 103 Å². The molecule has 1 heterocycles. The van der Waals surface area contributed by atoms with Crippen LogP contribution in [0.2, 0.25) is 1.41 Å². The van der Waals surface area contributed by atoms with E-state index in [1.807, 2.05) is 36.4 Å². The number of hydrogen-bond acceptors (Lipinski definition) is 4. The molecule has 3 aromatic rings. The van der Waals surface area contributed by atoms with Gasteiger partial charge in [-0.15, -0.1) is 0 Å². The first-order chi connectivity index (χ1) is 15.3. The van der Waals surface area contributed by atoms with Crippen LogP contribution in [0.5, 0.6) is 0 Å². The zero-order valence-corrected chi connectivity index (χ0v) is 19.2. The Balaban J connectivity index is 1.53. The first-order valence-corrected chi connectivity index (χ1v) is 11.2. The fourth-order valence-corrected chi connectivity index (χ4v) is 4.30. The number of nitro groups is 1. The van der Waals surface area contributed by atoms with Crippen LogP contribution in [0.1, 0.15) is 52.7 Å². The number of nitro benzene ring substituents is 1. The van der Waals surface area contributed by atoms with Crippen LogP contribution in [-0.2, 0) is 6.54 Å². The van der Waals surface area contributed by atoms with Crippen LogP contribution in [-0.4, -0.2) is 4.92 Å². The van der Waals surface area contributed by atoms with Crippen LogP contribution in [0.3, 0.4) is 0 Å². The highest BCUT2D eigenvalue weighted by Crippen LogP contribution is 2.37. The quantitative estimate of drug-likeness (QED) is 0.302. The van der Waals surface area contributed by atoms with Crippen LogP contribution in [0.4, 0.5) is 11.4 Å². The lowest BCUT2D eigenvalue weighted by atomic mass is 10.0. The summed E-state index contributed by atoms with van der Waals surface area (Å²) in [5.74, 6) is 0. The average Bonchev–Trinajstić information content (AvgIpc) is 3.16. The molecule has 6 heteroatoms. The molecule has 1 saturated heterocycles. The zero-order valence-electron chi connectivity index (χ0n) is 18.6. The maximum absolute atomic E-state index is 11.8. The summed E-state index contributed by atoms with van der Waals surface area (Å²) in [5, 5.41) is 16.6. The van der Waals surface area contributed by atoms with E-state index >= 15 is 0 Å². The van der Waals surface area contributed by atoms with Crippen molar-refractivity contribution in [1.29, 1.82) is 0 Å². The third-order valence-electron chi connectivity index (χ3n) is 5.99. The van der Waals surface area contributed by atoms with Crippen molar-refractivity contribution in [1.82, 2.24) is 5.31 Å². The van der Waals surface area contributed by atoms with E-state index in [9.17, 15) is 10.1 Å². The molecule has 3 aromatic carbocycles. The van der Waals surface area contributed by atoms with Crippen molar-refractivity contribution in [2.24, 2.45) is 0 Å². The van der Waals surface area contributed by atoms with E-state index in [-0.39, 0.29) is 22.7 Å². The van der Waals surface area contributed by atoms with Crippen LogP contribution in [0.15, 0.2) is 65.1 Å². The molecule has 0 amide bonds. The predicted molar refractivity (Wildman–Crippen MR) is 128 cm³/mol. The van der Waals surface area contributed by atoms with Crippen LogP contribution >= 0.6 is 15.9 Å². The molecular weight excluding hydrogens is 454 g/mol. The minimum absolute atomic E-state index is 0.0188. The molecule has 0 bridgehead atoms. The molecule has 0 spiro atoms. The third kappa shape index (κ3) is 4.97. The van der Waals surface area contributed by atoms with Gasteiger partial charge in [0.05, 0.1) is 4.92 Å². The van der Waals surface area contributed by atoms with Crippen molar-refractivity contribution < 1.29 is 6.34 Å². The Labute approximate surface area is 192 Å². The van der Waals surface area contributed by atoms with Crippen molar-refractivity contribution >= 4 is 27.3 Å². The van der Waals surface area contributed by atoms with Gasteiger partial charge in [-0.25, -0.2) is 0 Å². The van der Waals surface area contributed by atoms with E-state index < -0.39 is 0 Å². The molecule has 0 saturated carbocycles. The fourth-order valence-electron chi connectivity index (χ4n) is 4.04. The van der Waals surface area contributed by atoms with Gasteiger partial charge < -0.3 is 10.6 Å². The highest BCUT2D eigenvalue weighted by atomic mass is 79.9. The first kappa shape index (κ1) is 20.2. The summed E-state index contributed by atoms with van der Waals surface area (Å²) in [6.07, 6.45) is 1.63. The Hall–Kier alpha value is -2.70. The van der Waals surface area contributed by atoms with Gasteiger partial charge in [-0.3, -0.25) is 10.1 Å². The Bertz CT molecular complexity index is 1140. The van der Waals surface area contributed by atoms with Gasteiger partial charge in [-0.2, -0.15) is 0 Å². The van der Waals surface area contributed by atoms with E-state index in [1.165, 1.54) is 11.1 Å². The second-order valence-corrected chi connectivity index (χ2v) is 9.03. The van der Waals surface area contributed by atoms with E-state index in [4.69, 9.17) is 1.41 Å². The topological polar surface area (TPSA) is 67.2 Å². The number of nitrogens with one attached hydrogen (secondary N) is 2. The number of hydrogen-bond donors (Lipinski definition) is 2. The number of nitrogens with zero attached hydrogens (tertiary/aromatic N) is 1. The molecule has 0 radical (unpaired) electrons. The molecule has 0 aliphatic carbocycles. The van der Waals surface area contributed by atoms with Gasteiger partial charge >= 0.3 is 0 Å². The zero-order chi connectivity index (χ0) is 22.8. The lowest BCUT2D eigenvalue weighted by Gasteiger charge is -2.16. The molecule has 4 rings (SSSR count). The van der Waals surface area contributed by atoms with Gasteiger partial charge in [0.2, 0.25) is 0 Å². The standard InChI is InChI=1S/C25H26BrN3O2/c1-16-3-4-18(13-17(16)2)15-27-24-10-7-20(14-25(24)29(30)31)23-12-11-22(28-23)19-5-8-21(26)9-6-19/h3-10,13-14,22-23,27-28H,11-12,15H2,1-2H3/i/hD. The average molecular weight is 481 g/mol. The fraction of sp³-hybridized carbons (Fsp3) is 0.280. The SMILES string of the molecule is [2H]N1C(c2ccc(Br)cc2)CCC1c1ccc(NCc2ccc(C)c(C)c2)c([N+](=O)[O-])c1. The highest BCUT2D eigenvalue weighted by Gasteiger charge is 2.27. The second-order valence-electron chi connectivity index (χ2n) is 8.12. The molecule has 1 aliphatic rings. The molecule has 0 aromatic heterocycles. The smallest absolute Gasteiger partial charge is 0.292 e. The van der Waals surface area contributed by atoms with E-state index in [1.54, 1.807) is 17.4 Å². The van der Waals surface area contributed by atoms with Crippen molar-refractivity contribution in [2.45, 2.75) is 45.3 Å². The normalized spacial score (nSPS) is 19.3. The first-order valence-electron chi connectivity index (χ1n) is 10.9. The van der Waals surface area contributed by atoms with Gasteiger partial charge in [0.1, 0.15) is 7.10 Å². The Kier molecular flexibility index (Phi) is 6.00. The summed E-state index contributed by atoms with van der Waals surface area (Å²) in [6.45, 7) is 4.64. The number of halogens is 1. The molecule has 1 fully saturated rings. The largest absolute Gasteiger partial charge is 0.375 e. The predicted octanol–water partition coefficient (Wildman–Crippen LogP) is 6.75. The molecule has 2 unspecified atom stereocenters. The summed E-state index contributed by atoms with van der Waals surface area (Å²) in [6, 6.07) is 19.3. The number of benzene rings is 3. The molecule has 31 heavy (non-hydrogen) atoms. The monoisotopic (exact) mass is 480 g/mol. The molecule has 5 nitrogen and oxygen atoms in total. The summed E-state index contributed by atoms with van der Waals surface area (Å²) in [7, 11) is 0. The van der Waals surface area contributed by atoms with Gasteiger partial charge in [0.25, 0.3) is 5.69 Å². The van der Waals surface area contributed by atoms with Gasteiger partial charge in [0.15, 0.2) is 0 Å². The summed E-state index contributed by atoms with van der Waals surface area (Å²) < 4.78 is 9.68. The number of rotatable bonds is 6. The van der Waals surface area contributed by atoms with Crippen LogP contribution in [0, 0.1) is 24.0 Å². The maximum Gasteiger partial charge on any atom is 0.292 e. The maximum atomic E-state index is 11.8. The van der Waals surface area contributed by atoms with Gasteiger partial charge in [-0.05, 0) is 72.7 Å². The van der Waals surface area contributed by atoms with E-state index in [2.05, 4.69) is 47.2 Å². The Morgan fingerprint density at radius 3 is 2.39 bits per heavy atom. The van der Waals surface area contributed by atoms with Crippen LogP contribution < -0.4 is 10.6 Å². The van der Waals surface area contributed by atoms with Crippen LogP contribution in [0.25, 0.3) is 0 Å². The minimum atomic E-state index is -0.346. The Morgan fingerprint density at radius 1 is 1.03 bits per heavy atom. The lowest BCUT2D eigenvalue weighted by molar-refractivity contribution is -0.384. The van der Waals surface area contributed by atoms with E-state index in [0.717, 1.165) is 34.0 Å². The molecule has 2 atom stereocenters. The molecule has 2 N–H and O–H groups in total. The molecular formula is C25H26BrN3O2. The van der Waals surface area contributed by atoms with Gasteiger partial charge in [0, 0.05) is 29.2 Å². The lowest BCUT2D eigenvalue weighted by Crippen LogP contribution is -2.17. The number of aryl methyl sites for hydroxylation is 2. The highest BCUT2D eigenvalue weighted by molar-refractivity contribution is 9.10. The Morgan fingerprint density at radius 2 is 1.71 bits per heavy atom. The van der Waals surface area contributed by atoms with Crippen molar-refractivity contribution in [2.75, 3.05) is 5.32 Å². The summed E-state index contributed by atoms with van der Waals surface area (Å²) in [4.78, 5) is 11.5. The molecule has 160 valence electrons. The van der Waals surface area contributed by atoms with Gasteiger partial charge in [-0.1, -0.05) is 52.3 Å². The van der Waals surface area contributed by atoms with Crippen molar-refractivity contribution in [3.8, 4) is 0 Å². The molecule has 1 aliphatic heterocycles. The summed E-state index contributed by atoms with van der Waals surface area (Å²) >= 11 is 3.45. The summed E-state index contributed by atoms with van der Waals surface area (Å²) in [5.41, 5.74) is 5.95. The third-order valence-corrected chi connectivity index (χ3v) is 6.51. The van der Waals surface area contributed by atoms with E-state index in [0.29, 0.717) is 12.2 Å². The number of anilines is 1.